The van der Waals surface area contributed by atoms with Gasteiger partial charge in [-0.25, -0.2) is 0 Å². The van der Waals surface area contributed by atoms with Crippen LogP contribution in [0.15, 0.2) is 40.9 Å². The summed E-state index contributed by atoms with van der Waals surface area (Å²) in [5.74, 6) is -0.399. The number of carbonyl (C=O) groups excluding carboxylic acids is 1. The van der Waals surface area contributed by atoms with Gasteiger partial charge >= 0.3 is 0 Å². The normalized spacial score (nSPS) is 10.3. The van der Waals surface area contributed by atoms with Crippen molar-refractivity contribution in [1.29, 1.82) is 0 Å². The molecule has 3 nitrogen and oxygen atoms in total. The number of hydrogen-bond acceptors (Lipinski definition) is 2. The van der Waals surface area contributed by atoms with Gasteiger partial charge in [-0.05, 0) is 54.8 Å². The van der Waals surface area contributed by atoms with Gasteiger partial charge in [0.1, 0.15) is 0 Å². The quantitative estimate of drug-likeness (QED) is 0.895. The summed E-state index contributed by atoms with van der Waals surface area (Å²) in [6, 6.07) is 11.5. The molecule has 0 heterocycles. The maximum Gasteiger partial charge on any atom is 0.248 e. The summed E-state index contributed by atoms with van der Waals surface area (Å²) in [6.45, 7) is 4.87. The lowest BCUT2D eigenvalue weighted by atomic mass is 10.1. The van der Waals surface area contributed by atoms with E-state index in [9.17, 15) is 4.79 Å². The van der Waals surface area contributed by atoms with Crippen LogP contribution < -0.4 is 11.1 Å². The highest BCUT2D eigenvalue weighted by Gasteiger charge is 2.04. The van der Waals surface area contributed by atoms with Gasteiger partial charge in [-0.3, -0.25) is 4.79 Å². The van der Waals surface area contributed by atoms with E-state index < -0.39 is 5.91 Å². The first-order chi connectivity index (χ1) is 9.47. The molecule has 1 amide bonds. The number of carbonyl (C=O) groups is 1. The zero-order valence-electron chi connectivity index (χ0n) is 11.5. The van der Waals surface area contributed by atoms with E-state index in [1.807, 2.05) is 12.1 Å². The third-order valence-corrected chi connectivity index (χ3v) is 3.66. The molecule has 20 heavy (non-hydrogen) atoms. The fourth-order valence-corrected chi connectivity index (χ4v) is 2.85. The zero-order valence-corrected chi connectivity index (χ0v) is 13.1. The Kier molecular flexibility index (Phi) is 4.45. The highest BCUT2D eigenvalue weighted by atomic mass is 79.9. The number of halogens is 1. The average molecular weight is 333 g/mol. The van der Waals surface area contributed by atoms with E-state index in [2.05, 4.69) is 47.2 Å². The van der Waals surface area contributed by atoms with Gasteiger partial charge in [0.2, 0.25) is 5.91 Å². The fourth-order valence-electron chi connectivity index (χ4n) is 2.17. The van der Waals surface area contributed by atoms with Crippen molar-refractivity contribution in [3.8, 4) is 0 Å². The summed E-state index contributed by atoms with van der Waals surface area (Å²) in [5, 5.41) is 3.44. The molecule has 0 aromatic heterocycles. The van der Waals surface area contributed by atoms with E-state index in [0.29, 0.717) is 12.1 Å². The summed E-state index contributed by atoms with van der Waals surface area (Å²) >= 11 is 3.49. The molecule has 0 atom stereocenters. The molecule has 4 heteroatoms. The maximum atomic E-state index is 11.0. The molecule has 0 bridgehead atoms. The van der Waals surface area contributed by atoms with Gasteiger partial charge in [0.05, 0.1) is 0 Å². The number of aryl methyl sites for hydroxylation is 2. The lowest BCUT2D eigenvalue weighted by molar-refractivity contribution is 0.100. The molecule has 0 radical (unpaired) electrons. The van der Waals surface area contributed by atoms with Gasteiger partial charge in [-0.2, -0.15) is 0 Å². The first-order valence-electron chi connectivity index (χ1n) is 6.36. The van der Waals surface area contributed by atoms with E-state index in [0.717, 1.165) is 15.7 Å². The summed E-state index contributed by atoms with van der Waals surface area (Å²) in [6.07, 6.45) is 0. The van der Waals surface area contributed by atoms with Crippen molar-refractivity contribution in [2.45, 2.75) is 20.4 Å². The lowest BCUT2D eigenvalue weighted by Crippen LogP contribution is -2.11. The topological polar surface area (TPSA) is 55.1 Å². The lowest BCUT2D eigenvalue weighted by Gasteiger charge is -2.13. The second kappa shape index (κ2) is 6.09. The SMILES string of the molecule is Cc1cc(Br)cc(C)c1NCc1ccc(C(N)=O)cc1. The van der Waals surface area contributed by atoms with Gasteiger partial charge in [0, 0.05) is 22.3 Å². The predicted octanol–water partition coefficient (Wildman–Crippen LogP) is 3.78. The van der Waals surface area contributed by atoms with Crippen LogP contribution in [0, 0.1) is 13.8 Å². The van der Waals surface area contributed by atoms with Gasteiger partial charge in [0.25, 0.3) is 0 Å². The highest BCUT2D eigenvalue weighted by molar-refractivity contribution is 9.10. The van der Waals surface area contributed by atoms with Crippen LogP contribution in [0.25, 0.3) is 0 Å². The number of anilines is 1. The van der Waals surface area contributed by atoms with Crippen LogP contribution >= 0.6 is 15.9 Å². The Balaban J connectivity index is 2.11. The van der Waals surface area contributed by atoms with Crippen molar-refractivity contribution >= 4 is 27.5 Å². The van der Waals surface area contributed by atoms with Crippen molar-refractivity contribution in [2.75, 3.05) is 5.32 Å². The fraction of sp³-hybridized carbons (Fsp3) is 0.188. The first-order valence-corrected chi connectivity index (χ1v) is 7.16. The van der Waals surface area contributed by atoms with Crippen LogP contribution in [0.2, 0.25) is 0 Å². The van der Waals surface area contributed by atoms with Crippen LogP contribution in [-0.4, -0.2) is 5.91 Å². The Bertz CT molecular complexity index is 612. The number of amides is 1. The van der Waals surface area contributed by atoms with E-state index in [1.54, 1.807) is 12.1 Å². The van der Waals surface area contributed by atoms with Crippen molar-refractivity contribution in [1.82, 2.24) is 0 Å². The molecular weight excluding hydrogens is 316 g/mol. The highest BCUT2D eigenvalue weighted by Crippen LogP contribution is 2.25. The van der Waals surface area contributed by atoms with Crippen LogP contribution in [0.1, 0.15) is 27.0 Å². The number of primary amides is 1. The molecule has 2 rings (SSSR count). The monoisotopic (exact) mass is 332 g/mol. The molecule has 0 aliphatic heterocycles. The van der Waals surface area contributed by atoms with E-state index in [1.165, 1.54) is 11.1 Å². The van der Waals surface area contributed by atoms with Crippen LogP contribution in [0.5, 0.6) is 0 Å². The Hall–Kier alpha value is -1.81. The number of hydrogen-bond donors (Lipinski definition) is 2. The largest absolute Gasteiger partial charge is 0.381 e. The minimum atomic E-state index is -0.399. The van der Waals surface area contributed by atoms with Crippen molar-refractivity contribution in [3.05, 3.63) is 63.1 Å². The molecule has 0 saturated carbocycles. The Morgan fingerprint density at radius 3 is 2.20 bits per heavy atom. The molecule has 3 N–H and O–H groups in total. The molecule has 0 unspecified atom stereocenters. The molecule has 0 spiro atoms. The second-order valence-electron chi connectivity index (χ2n) is 4.83. The third-order valence-electron chi connectivity index (χ3n) is 3.21. The van der Waals surface area contributed by atoms with Gasteiger partial charge in [0.15, 0.2) is 0 Å². The minimum absolute atomic E-state index is 0.399. The molecule has 2 aromatic rings. The molecule has 0 aliphatic rings. The van der Waals surface area contributed by atoms with Crippen LogP contribution in [-0.2, 0) is 6.54 Å². The smallest absolute Gasteiger partial charge is 0.248 e. The van der Waals surface area contributed by atoms with Gasteiger partial charge < -0.3 is 11.1 Å². The summed E-state index contributed by atoms with van der Waals surface area (Å²) in [7, 11) is 0. The maximum absolute atomic E-state index is 11.0. The molecule has 0 fully saturated rings. The predicted molar refractivity (Wildman–Crippen MR) is 85.9 cm³/mol. The van der Waals surface area contributed by atoms with E-state index in [4.69, 9.17) is 5.73 Å². The first kappa shape index (κ1) is 14.6. The molecule has 2 aromatic carbocycles. The molecule has 0 saturated heterocycles. The van der Waals surface area contributed by atoms with Crippen molar-refractivity contribution in [2.24, 2.45) is 5.73 Å². The molecule has 0 aliphatic carbocycles. The Morgan fingerprint density at radius 1 is 1.15 bits per heavy atom. The van der Waals surface area contributed by atoms with Gasteiger partial charge in [-0.1, -0.05) is 28.1 Å². The summed E-state index contributed by atoms with van der Waals surface area (Å²) < 4.78 is 1.09. The molecular formula is C16H17BrN2O. The second-order valence-corrected chi connectivity index (χ2v) is 5.74. The zero-order chi connectivity index (χ0) is 14.7. The number of nitrogens with one attached hydrogen (secondary N) is 1. The minimum Gasteiger partial charge on any atom is -0.381 e. The van der Waals surface area contributed by atoms with Gasteiger partial charge in [-0.15, -0.1) is 0 Å². The standard InChI is InChI=1S/C16H17BrN2O/c1-10-7-14(17)8-11(2)15(10)19-9-12-3-5-13(6-4-12)16(18)20/h3-8,19H,9H2,1-2H3,(H2,18,20). The third kappa shape index (κ3) is 3.39. The number of rotatable bonds is 4. The summed E-state index contributed by atoms with van der Waals surface area (Å²) in [4.78, 5) is 11.0. The Labute approximate surface area is 127 Å². The average Bonchev–Trinajstić information content (AvgIpc) is 2.38. The van der Waals surface area contributed by atoms with E-state index >= 15 is 0 Å². The number of benzene rings is 2. The van der Waals surface area contributed by atoms with Crippen LogP contribution in [0.4, 0.5) is 5.69 Å². The number of nitrogens with two attached hydrogens (primary N) is 1. The van der Waals surface area contributed by atoms with E-state index in [-0.39, 0.29) is 0 Å². The van der Waals surface area contributed by atoms with Crippen molar-refractivity contribution < 1.29 is 4.79 Å². The molecule has 104 valence electrons. The van der Waals surface area contributed by atoms with Crippen molar-refractivity contribution in [3.63, 3.8) is 0 Å². The Morgan fingerprint density at radius 2 is 1.70 bits per heavy atom. The summed E-state index contributed by atoms with van der Waals surface area (Å²) in [5.41, 5.74) is 10.4. The van der Waals surface area contributed by atoms with Crippen LogP contribution in [0.3, 0.4) is 0 Å².